The Morgan fingerprint density at radius 1 is 0.906 bits per heavy atom. The smallest absolute Gasteiger partial charge is 0.213 e. The Bertz CT molecular complexity index is 1060. The molecule has 0 aliphatic carbocycles. The minimum Gasteiger partial charge on any atom is -0.494 e. The van der Waals surface area contributed by atoms with Crippen LogP contribution in [0.2, 0.25) is 0 Å². The highest BCUT2D eigenvalue weighted by Crippen LogP contribution is 2.33. The molecule has 168 valence electrons. The second-order valence-electron chi connectivity index (χ2n) is 7.96. The molecule has 0 unspecified atom stereocenters. The summed E-state index contributed by atoms with van der Waals surface area (Å²) >= 11 is 0. The molecule has 0 radical (unpaired) electrons. The van der Waals surface area contributed by atoms with Crippen molar-refractivity contribution >= 4 is 11.4 Å². The van der Waals surface area contributed by atoms with Gasteiger partial charge >= 0.3 is 0 Å². The van der Waals surface area contributed by atoms with Gasteiger partial charge < -0.3 is 19.3 Å². The van der Waals surface area contributed by atoms with Crippen LogP contribution < -0.4 is 19.3 Å². The van der Waals surface area contributed by atoms with E-state index < -0.39 is 0 Å². The number of rotatable bonds is 6. The number of nitrogens with zero attached hydrogens (tertiary/aromatic N) is 3. The van der Waals surface area contributed by atoms with Crippen molar-refractivity contribution in [3.63, 3.8) is 0 Å². The van der Waals surface area contributed by atoms with E-state index in [4.69, 9.17) is 14.5 Å². The van der Waals surface area contributed by atoms with E-state index in [9.17, 15) is 4.39 Å². The van der Waals surface area contributed by atoms with Gasteiger partial charge in [-0.05, 0) is 68.3 Å². The lowest BCUT2D eigenvalue weighted by molar-refractivity contribution is 0.340. The van der Waals surface area contributed by atoms with E-state index in [-0.39, 0.29) is 5.82 Å². The first-order chi connectivity index (χ1) is 15.6. The largest absolute Gasteiger partial charge is 0.494 e. The summed E-state index contributed by atoms with van der Waals surface area (Å²) in [4.78, 5) is 9.24. The van der Waals surface area contributed by atoms with E-state index in [0.717, 1.165) is 60.9 Å². The molecule has 1 aromatic heterocycles. The van der Waals surface area contributed by atoms with E-state index in [1.165, 1.54) is 0 Å². The Hall–Kier alpha value is -3.28. The van der Waals surface area contributed by atoms with Crippen LogP contribution in [0.5, 0.6) is 11.6 Å². The first-order valence-electron chi connectivity index (χ1n) is 11.1. The third kappa shape index (κ3) is 4.79. The minimum atomic E-state index is -0.153. The molecule has 1 fully saturated rings. The van der Waals surface area contributed by atoms with Gasteiger partial charge in [-0.3, -0.25) is 0 Å². The molecule has 0 spiro atoms. The maximum absolute atomic E-state index is 14.6. The maximum Gasteiger partial charge on any atom is 0.213 e. The highest BCUT2D eigenvalue weighted by molar-refractivity contribution is 5.76. The topological polar surface area (TPSA) is 37.8 Å². The lowest BCUT2D eigenvalue weighted by atomic mass is 10.1. The van der Waals surface area contributed by atoms with Gasteiger partial charge in [0.2, 0.25) is 5.88 Å². The zero-order valence-electron chi connectivity index (χ0n) is 19.0. The number of hydrogen-bond acceptors (Lipinski definition) is 5. The predicted octanol–water partition coefficient (Wildman–Crippen LogP) is 5.32. The summed E-state index contributed by atoms with van der Waals surface area (Å²) in [5.74, 6) is 1.27. The van der Waals surface area contributed by atoms with Crippen LogP contribution in [-0.4, -0.2) is 44.9 Å². The van der Waals surface area contributed by atoms with Gasteiger partial charge in [-0.2, -0.15) is 0 Å². The number of aryl methyl sites for hydroxylation is 1. The minimum absolute atomic E-state index is 0.153. The average molecular weight is 436 g/mol. The monoisotopic (exact) mass is 435 g/mol. The number of aromatic nitrogens is 1. The number of halogens is 1. The lowest BCUT2D eigenvalue weighted by Crippen LogP contribution is -2.31. The van der Waals surface area contributed by atoms with Gasteiger partial charge in [0.05, 0.1) is 30.8 Å². The predicted molar refractivity (Wildman–Crippen MR) is 128 cm³/mol. The second kappa shape index (κ2) is 9.90. The summed E-state index contributed by atoms with van der Waals surface area (Å²) in [6.45, 7) is 7.74. The molecular weight excluding hydrogens is 405 g/mol. The maximum atomic E-state index is 14.6. The van der Waals surface area contributed by atoms with Crippen LogP contribution in [0, 0.1) is 12.7 Å². The summed E-state index contributed by atoms with van der Waals surface area (Å²) in [5, 5.41) is 0. The number of benzene rings is 2. The zero-order chi connectivity index (χ0) is 22.5. The summed E-state index contributed by atoms with van der Waals surface area (Å²) in [7, 11) is 1.63. The molecule has 1 aliphatic rings. The standard InChI is InChI=1S/C26H30FN3O2/c1-4-32-21-9-7-20(8-10-21)26-24(12-13-25(28-26)31-3)30-15-5-14-29(16-17-30)23-11-6-19(2)18-22(23)27/h6-13,18H,4-5,14-17H2,1-3H3. The Morgan fingerprint density at radius 3 is 2.25 bits per heavy atom. The van der Waals surface area contributed by atoms with Crippen molar-refractivity contribution in [2.75, 3.05) is 49.7 Å². The molecule has 6 heteroatoms. The van der Waals surface area contributed by atoms with E-state index >= 15 is 0 Å². The highest BCUT2D eigenvalue weighted by atomic mass is 19.1. The van der Waals surface area contributed by atoms with E-state index in [1.54, 1.807) is 13.2 Å². The molecule has 0 amide bonds. The molecule has 3 aromatic rings. The van der Waals surface area contributed by atoms with Crippen LogP contribution in [0.4, 0.5) is 15.8 Å². The first-order valence-corrected chi connectivity index (χ1v) is 11.1. The molecule has 2 aromatic carbocycles. The van der Waals surface area contributed by atoms with E-state index in [2.05, 4.69) is 15.9 Å². The zero-order valence-corrected chi connectivity index (χ0v) is 19.0. The summed E-state index contributed by atoms with van der Waals surface area (Å²) in [6.07, 6.45) is 0.933. The fraction of sp³-hybridized carbons (Fsp3) is 0.346. The molecule has 0 N–H and O–H groups in total. The summed E-state index contributed by atoms with van der Waals surface area (Å²) in [6, 6.07) is 17.4. The number of anilines is 2. The molecular formula is C26H30FN3O2. The SMILES string of the molecule is CCOc1ccc(-c2nc(OC)ccc2N2CCCN(c3ccc(C)cc3F)CC2)cc1. The van der Waals surface area contributed by atoms with Crippen molar-refractivity contribution < 1.29 is 13.9 Å². The van der Waals surface area contributed by atoms with Gasteiger partial charge in [-0.25, -0.2) is 9.37 Å². The summed E-state index contributed by atoms with van der Waals surface area (Å²) in [5.41, 5.74) is 4.56. The van der Waals surface area contributed by atoms with Crippen LogP contribution in [0.25, 0.3) is 11.3 Å². The Balaban J connectivity index is 1.60. The van der Waals surface area contributed by atoms with E-state index in [1.807, 2.05) is 56.3 Å². The van der Waals surface area contributed by atoms with Crippen LogP contribution in [0.3, 0.4) is 0 Å². The quantitative estimate of drug-likeness (QED) is 0.524. The first kappa shape index (κ1) is 21.9. The van der Waals surface area contributed by atoms with Gasteiger partial charge in [0.15, 0.2) is 0 Å². The molecule has 0 bridgehead atoms. The van der Waals surface area contributed by atoms with Gasteiger partial charge in [-0.1, -0.05) is 6.07 Å². The van der Waals surface area contributed by atoms with Crippen LogP contribution in [-0.2, 0) is 0 Å². The molecule has 0 atom stereocenters. The average Bonchev–Trinajstić information content (AvgIpc) is 3.05. The Labute approximate surface area is 189 Å². The number of ether oxygens (including phenoxy) is 2. The normalized spacial score (nSPS) is 14.2. The molecule has 5 nitrogen and oxygen atoms in total. The molecule has 32 heavy (non-hydrogen) atoms. The molecule has 1 saturated heterocycles. The van der Waals surface area contributed by atoms with Crippen molar-refractivity contribution in [1.29, 1.82) is 0 Å². The molecule has 4 rings (SSSR count). The molecule has 2 heterocycles. The van der Waals surface area contributed by atoms with Crippen molar-refractivity contribution in [3.05, 3.63) is 66.0 Å². The fourth-order valence-corrected chi connectivity index (χ4v) is 4.16. The second-order valence-corrected chi connectivity index (χ2v) is 7.96. The number of hydrogen-bond donors (Lipinski definition) is 0. The van der Waals surface area contributed by atoms with Gasteiger partial charge in [0.1, 0.15) is 11.6 Å². The van der Waals surface area contributed by atoms with Crippen molar-refractivity contribution in [2.45, 2.75) is 20.3 Å². The van der Waals surface area contributed by atoms with Crippen molar-refractivity contribution in [3.8, 4) is 22.9 Å². The van der Waals surface area contributed by atoms with Gasteiger partial charge in [-0.15, -0.1) is 0 Å². The Kier molecular flexibility index (Phi) is 6.78. The highest BCUT2D eigenvalue weighted by Gasteiger charge is 2.21. The van der Waals surface area contributed by atoms with Crippen LogP contribution in [0.1, 0.15) is 18.9 Å². The fourth-order valence-electron chi connectivity index (χ4n) is 4.16. The van der Waals surface area contributed by atoms with E-state index in [0.29, 0.717) is 18.2 Å². The lowest BCUT2D eigenvalue weighted by Gasteiger charge is -2.26. The third-order valence-electron chi connectivity index (χ3n) is 5.78. The summed E-state index contributed by atoms with van der Waals surface area (Å²) < 4.78 is 25.5. The Morgan fingerprint density at radius 2 is 1.59 bits per heavy atom. The molecule has 0 saturated carbocycles. The third-order valence-corrected chi connectivity index (χ3v) is 5.78. The molecule has 1 aliphatic heterocycles. The van der Waals surface area contributed by atoms with Crippen LogP contribution >= 0.6 is 0 Å². The van der Waals surface area contributed by atoms with Crippen molar-refractivity contribution in [1.82, 2.24) is 4.98 Å². The number of pyridine rings is 1. The van der Waals surface area contributed by atoms with Crippen LogP contribution in [0.15, 0.2) is 54.6 Å². The van der Waals surface area contributed by atoms with Gasteiger partial charge in [0.25, 0.3) is 0 Å². The van der Waals surface area contributed by atoms with Crippen molar-refractivity contribution in [2.24, 2.45) is 0 Å². The van der Waals surface area contributed by atoms with Gasteiger partial charge in [0, 0.05) is 37.8 Å². The number of methoxy groups -OCH3 is 1.